The number of fused-ring (bicyclic) bond motifs is 2. The third-order valence-electron chi connectivity index (χ3n) is 14.3. The van der Waals surface area contributed by atoms with Gasteiger partial charge in [-0.15, -0.1) is 0 Å². The first kappa shape index (κ1) is 56.1. The van der Waals surface area contributed by atoms with Crippen LogP contribution in [0.4, 0.5) is 0 Å². The maximum Gasteiger partial charge on any atom is 0.280 e. The van der Waals surface area contributed by atoms with E-state index in [0.29, 0.717) is 0 Å². The molecule has 30 heteroatoms. The largest absolute Gasteiger partial charge is 0.394 e. The smallest absolute Gasteiger partial charge is 0.280 e. The Kier molecular flexibility index (Phi) is 18.1. The van der Waals surface area contributed by atoms with Crippen LogP contribution in [0.1, 0.15) is 26.7 Å². The van der Waals surface area contributed by atoms with Crippen molar-refractivity contribution in [2.24, 2.45) is 11.5 Å². The zero-order valence-corrected chi connectivity index (χ0v) is 39.3. The summed E-state index contributed by atoms with van der Waals surface area (Å²) in [7, 11) is 4.57. The first-order chi connectivity index (χ1) is 32.8. The zero-order chi connectivity index (χ0) is 51.9. The minimum absolute atomic E-state index is 0.0121. The Bertz CT molecular complexity index is 1840. The average molecular weight is 1010 g/mol. The molecule has 0 aromatic heterocycles. The molecule has 0 radical (unpaired) electrons. The van der Waals surface area contributed by atoms with Crippen LogP contribution in [-0.2, 0) is 42.7 Å². The molecular formula is C40H72N10O20. The standard InChI is InChI=1S/C40H72N10O20/c1-13-10-16(53)40(63)36(64-13)68-32-27(59)18(45-3)25(57)21(31(32)70-40)49(4)8-6-17(54)46-7-9-50(5)22-28(60)23(55)15(11-51)66-34(22)69-33-35(65-14(2)39(33,62)12-52)67-30-20(48-38(43)44)24(56)19(47-37(41)42)26(58)29(30)61/h13-15,18-36,45,51-52,55-63H,6-12H2,1-5H3,(H,46,54)(H4,41,42,47)(H4,43,44,48)/t13-,14+,15?,18-,19?,20+,21+,22?,23+,24?,25+,26+,27+,28-,29?,30+,31-,32-,33?,34+,35+,36+,39+,40+/m1/s1. The highest BCUT2D eigenvalue weighted by molar-refractivity contribution is 5.87. The minimum Gasteiger partial charge on any atom is -0.394 e. The van der Waals surface area contributed by atoms with Crippen molar-refractivity contribution in [3.8, 4) is 0 Å². The summed E-state index contributed by atoms with van der Waals surface area (Å²) in [5.74, 6) is -5.07. The Morgan fingerprint density at radius 3 is 2.03 bits per heavy atom. The molecule has 24 atom stereocenters. The normalized spacial score (nSPS) is 46.3. The number of likely N-dealkylation sites (N-methyl/N-ethyl adjacent to an activating group) is 3. The van der Waals surface area contributed by atoms with Gasteiger partial charge in [-0.2, -0.15) is 0 Å². The number of aliphatic hydroxyl groups is 11. The third kappa shape index (κ3) is 10.9. The summed E-state index contributed by atoms with van der Waals surface area (Å²) in [5.41, 5.74) is 8.67. The molecule has 0 aromatic rings. The van der Waals surface area contributed by atoms with Gasteiger partial charge in [-0.05, 0) is 35.0 Å². The molecule has 6 rings (SSSR count). The van der Waals surface area contributed by atoms with Gasteiger partial charge in [-0.3, -0.25) is 30.2 Å². The highest BCUT2D eigenvalue weighted by Crippen LogP contribution is 2.42. The molecule has 0 spiro atoms. The predicted molar refractivity (Wildman–Crippen MR) is 234 cm³/mol. The second kappa shape index (κ2) is 22.5. The Morgan fingerprint density at radius 1 is 0.771 bits per heavy atom. The van der Waals surface area contributed by atoms with Crippen molar-refractivity contribution in [2.45, 2.75) is 173 Å². The number of ketones is 1. The van der Waals surface area contributed by atoms with E-state index in [1.54, 1.807) is 18.9 Å². The second-order valence-electron chi connectivity index (χ2n) is 18.9. The van der Waals surface area contributed by atoms with E-state index in [2.05, 4.69) is 21.3 Å². The molecule has 402 valence electrons. The van der Waals surface area contributed by atoms with Crippen molar-refractivity contribution in [3.05, 3.63) is 0 Å². The zero-order valence-electron chi connectivity index (χ0n) is 39.3. The van der Waals surface area contributed by atoms with Crippen LogP contribution in [0.15, 0.2) is 0 Å². The lowest BCUT2D eigenvalue weighted by molar-refractivity contribution is -0.423. The number of nitrogens with one attached hydrogen (secondary N) is 6. The number of aliphatic hydroxyl groups excluding tert-OH is 9. The Morgan fingerprint density at radius 2 is 1.41 bits per heavy atom. The van der Waals surface area contributed by atoms with Crippen molar-refractivity contribution >= 4 is 23.6 Å². The molecule has 0 bridgehead atoms. The minimum atomic E-state index is -2.51. The predicted octanol–water partition coefficient (Wildman–Crippen LogP) is -10.9. The van der Waals surface area contributed by atoms with Crippen LogP contribution in [0.2, 0.25) is 0 Å². The molecule has 2 aliphatic carbocycles. The van der Waals surface area contributed by atoms with Crippen LogP contribution in [0.5, 0.6) is 0 Å². The summed E-state index contributed by atoms with van der Waals surface area (Å²) in [6.45, 7) is 0.955. The van der Waals surface area contributed by atoms with Crippen molar-refractivity contribution in [2.75, 3.05) is 54.0 Å². The number of hydrogen-bond donors (Lipinski definition) is 19. The average Bonchev–Trinajstić information content (AvgIpc) is 3.52. The van der Waals surface area contributed by atoms with E-state index in [4.69, 9.17) is 55.4 Å². The summed E-state index contributed by atoms with van der Waals surface area (Å²) in [5, 5.41) is 148. The Labute approximate surface area is 402 Å². The van der Waals surface area contributed by atoms with Gasteiger partial charge < -0.3 is 122 Å². The molecule has 0 aromatic carbocycles. The number of nitrogens with two attached hydrogens (primary N) is 2. The van der Waals surface area contributed by atoms with E-state index in [0.717, 1.165) is 0 Å². The van der Waals surface area contributed by atoms with E-state index in [-0.39, 0.29) is 32.5 Å². The quantitative estimate of drug-likeness (QED) is 0.0475. The first-order valence-electron chi connectivity index (χ1n) is 23.0. The lowest BCUT2D eigenvalue weighted by atomic mass is 9.79. The van der Waals surface area contributed by atoms with Gasteiger partial charge in [-0.25, -0.2) is 0 Å². The summed E-state index contributed by atoms with van der Waals surface area (Å²) in [6, 6.07) is -6.30. The first-order valence-corrected chi connectivity index (χ1v) is 23.0. The number of guanidine groups is 2. The molecule has 1 amide bonds. The van der Waals surface area contributed by atoms with Crippen LogP contribution < -0.4 is 32.7 Å². The monoisotopic (exact) mass is 1010 g/mol. The molecule has 2 saturated carbocycles. The lowest BCUT2D eigenvalue weighted by Gasteiger charge is -2.56. The topological polar surface area (TPSA) is 476 Å². The lowest BCUT2D eigenvalue weighted by Crippen LogP contribution is -2.78. The van der Waals surface area contributed by atoms with Crippen LogP contribution in [0.25, 0.3) is 0 Å². The fourth-order valence-electron chi connectivity index (χ4n) is 10.3. The van der Waals surface area contributed by atoms with E-state index < -0.39 is 183 Å². The molecule has 4 saturated heterocycles. The maximum atomic E-state index is 13.3. The van der Waals surface area contributed by atoms with E-state index >= 15 is 0 Å². The molecule has 30 nitrogen and oxygen atoms in total. The number of Topliss-reactive ketones (excluding diaryl/α,β-unsaturated/α-hetero) is 1. The number of rotatable bonds is 17. The fourth-order valence-corrected chi connectivity index (χ4v) is 10.3. The number of carbonyl (C=O) groups is 2. The maximum absolute atomic E-state index is 13.3. The Hall–Kier alpha value is -3.16. The van der Waals surface area contributed by atoms with Crippen molar-refractivity contribution in [1.82, 2.24) is 31.1 Å². The molecule has 6 aliphatic rings. The molecule has 6 unspecified atom stereocenters. The van der Waals surface area contributed by atoms with Gasteiger partial charge in [0.15, 0.2) is 30.3 Å². The van der Waals surface area contributed by atoms with E-state index in [1.807, 2.05) is 0 Å². The number of carbonyl (C=O) groups excluding carboxylic acids is 2. The van der Waals surface area contributed by atoms with Crippen LogP contribution >= 0.6 is 0 Å². The molecule has 4 aliphatic heterocycles. The highest BCUT2D eigenvalue weighted by Gasteiger charge is 2.65. The molecule has 21 N–H and O–H groups in total. The second-order valence-corrected chi connectivity index (χ2v) is 18.9. The van der Waals surface area contributed by atoms with Gasteiger partial charge >= 0.3 is 0 Å². The van der Waals surface area contributed by atoms with Crippen molar-refractivity contribution in [1.29, 1.82) is 10.8 Å². The number of nitrogens with zero attached hydrogens (tertiary/aromatic N) is 2. The van der Waals surface area contributed by atoms with Gasteiger partial charge in [0.05, 0.1) is 67.8 Å². The summed E-state index contributed by atoms with van der Waals surface area (Å²) >= 11 is 0. The molecule has 70 heavy (non-hydrogen) atoms. The summed E-state index contributed by atoms with van der Waals surface area (Å²) < 4.78 is 41.7. The third-order valence-corrected chi connectivity index (χ3v) is 14.3. The van der Waals surface area contributed by atoms with Gasteiger partial charge in [0.25, 0.3) is 5.79 Å². The van der Waals surface area contributed by atoms with Crippen molar-refractivity contribution < 1.29 is 98.9 Å². The summed E-state index contributed by atoms with van der Waals surface area (Å²) in [6.07, 6.45) is -26.3. The van der Waals surface area contributed by atoms with Crippen LogP contribution in [0, 0.1) is 10.8 Å². The van der Waals surface area contributed by atoms with Gasteiger partial charge in [0.2, 0.25) is 12.2 Å². The number of ether oxygens (including phenoxy) is 7. The van der Waals surface area contributed by atoms with Crippen LogP contribution in [-0.4, -0.2) is 289 Å². The van der Waals surface area contributed by atoms with Crippen LogP contribution in [0.3, 0.4) is 0 Å². The highest BCUT2D eigenvalue weighted by atomic mass is 16.8. The fraction of sp³-hybridized carbons (Fsp3) is 0.900. The van der Waals surface area contributed by atoms with Gasteiger partial charge in [-0.1, -0.05) is 0 Å². The number of hydrogen-bond acceptors (Lipinski definition) is 25. The van der Waals surface area contributed by atoms with E-state index in [9.17, 15) is 65.8 Å². The molecular weight excluding hydrogens is 940 g/mol. The van der Waals surface area contributed by atoms with Crippen molar-refractivity contribution in [3.63, 3.8) is 0 Å². The van der Waals surface area contributed by atoms with Gasteiger partial charge in [0, 0.05) is 32.5 Å². The molecule has 4 heterocycles. The number of amides is 1. The Balaban J connectivity index is 1.13. The SMILES string of the molecule is CN[C@H]1[C@H](O)[C@H]2O[C@@H]3O[C@H](C)CC(=O)[C@]3(O)O[C@@H]2[C@@H](N(C)CCC(=O)NCCN(C)C2[C@H](OC3[C@H](O[C@@H]4C(O)[C@@H](O)C(NC(=N)N)C(O)[C@@H]4NC(=N)N)O[C@@H](C)[C@@]3(O)CO)OC(CO)[C@H](O)[C@@H]2O)[C@H]1O. The summed E-state index contributed by atoms with van der Waals surface area (Å²) in [4.78, 5) is 29.3. The van der Waals surface area contributed by atoms with Gasteiger partial charge in [0.1, 0.15) is 66.6 Å². The van der Waals surface area contributed by atoms with E-state index in [1.165, 1.54) is 25.9 Å². The molecule has 6 fully saturated rings.